The van der Waals surface area contributed by atoms with Gasteiger partial charge >= 0.3 is 12.1 Å². The van der Waals surface area contributed by atoms with E-state index in [2.05, 4.69) is 33.8 Å². The average molecular weight is 452 g/mol. The van der Waals surface area contributed by atoms with E-state index in [1.807, 2.05) is 18.2 Å². The third-order valence-electron chi connectivity index (χ3n) is 4.96. The molecule has 0 spiro atoms. The summed E-state index contributed by atoms with van der Waals surface area (Å²) in [7, 11) is 0. The molecule has 8 nitrogen and oxygen atoms in total. The molecule has 1 fully saturated rings. The molecule has 0 bridgehead atoms. The molecule has 1 saturated heterocycles. The van der Waals surface area contributed by atoms with Gasteiger partial charge in [0.2, 0.25) is 0 Å². The van der Waals surface area contributed by atoms with E-state index in [0.29, 0.717) is 5.69 Å². The number of carbonyl (C=O) groups excluding carboxylic acids is 1. The number of nitrogens with zero attached hydrogens (tertiary/aromatic N) is 2. The molecular formula is C21H23F3N4O4. The summed E-state index contributed by atoms with van der Waals surface area (Å²) < 4.78 is 37.5. The number of nitrogens with one attached hydrogen (secondary N) is 2. The van der Waals surface area contributed by atoms with Crippen LogP contribution in [0.25, 0.3) is 11.3 Å². The van der Waals surface area contributed by atoms with Gasteiger partial charge in [0.15, 0.2) is 5.69 Å². The van der Waals surface area contributed by atoms with E-state index in [1.54, 1.807) is 6.07 Å². The zero-order valence-electron chi connectivity index (χ0n) is 17.3. The highest BCUT2D eigenvalue weighted by atomic mass is 19.4. The van der Waals surface area contributed by atoms with Crippen molar-refractivity contribution in [2.75, 3.05) is 13.1 Å². The number of benzene rings is 1. The Morgan fingerprint density at radius 2 is 1.97 bits per heavy atom. The predicted molar refractivity (Wildman–Crippen MR) is 108 cm³/mol. The number of carboxylic acid groups (broad SMARTS) is 1. The summed E-state index contributed by atoms with van der Waals surface area (Å²) in [6.07, 6.45) is -1.88. The normalized spacial score (nSPS) is 19.8. The molecule has 2 atom stereocenters. The molecule has 1 amide bonds. The van der Waals surface area contributed by atoms with E-state index in [4.69, 9.17) is 14.6 Å². The van der Waals surface area contributed by atoms with Gasteiger partial charge in [-0.05, 0) is 62.2 Å². The fourth-order valence-electron chi connectivity index (χ4n) is 3.42. The van der Waals surface area contributed by atoms with Crippen LogP contribution >= 0.6 is 0 Å². The lowest BCUT2D eigenvalue weighted by molar-refractivity contribution is -0.192. The minimum absolute atomic E-state index is 0.163. The lowest BCUT2D eigenvalue weighted by atomic mass is 10.0. The van der Waals surface area contributed by atoms with E-state index in [9.17, 15) is 18.0 Å². The Hall–Kier alpha value is -3.21. The van der Waals surface area contributed by atoms with Gasteiger partial charge in [-0.3, -0.25) is 4.79 Å². The lowest BCUT2D eigenvalue weighted by Crippen LogP contribution is -2.45. The summed E-state index contributed by atoms with van der Waals surface area (Å²) in [4.78, 5) is 21.2. The first kappa shape index (κ1) is 23.5. The van der Waals surface area contributed by atoms with Crippen LogP contribution in [0, 0.1) is 0 Å². The van der Waals surface area contributed by atoms with Gasteiger partial charge in [0, 0.05) is 24.6 Å². The van der Waals surface area contributed by atoms with Gasteiger partial charge in [-0.15, -0.1) is 10.2 Å². The van der Waals surface area contributed by atoms with Gasteiger partial charge in [-0.2, -0.15) is 13.2 Å². The second-order valence-electron chi connectivity index (χ2n) is 7.58. The molecule has 2 aliphatic heterocycles. The van der Waals surface area contributed by atoms with Crippen LogP contribution in [-0.4, -0.2) is 58.6 Å². The average Bonchev–Trinajstić information content (AvgIpc) is 3.13. The number of hydrogen-bond acceptors (Lipinski definition) is 6. The van der Waals surface area contributed by atoms with Crippen LogP contribution in [0.4, 0.5) is 13.2 Å². The van der Waals surface area contributed by atoms with Crippen molar-refractivity contribution in [1.29, 1.82) is 0 Å². The number of piperidine rings is 1. The Morgan fingerprint density at radius 3 is 2.56 bits per heavy atom. The van der Waals surface area contributed by atoms with Crippen molar-refractivity contribution in [3.05, 3.63) is 41.6 Å². The summed E-state index contributed by atoms with van der Waals surface area (Å²) in [6.45, 7) is 3.90. The van der Waals surface area contributed by atoms with E-state index in [1.165, 1.54) is 5.56 Å². The van der Waals surface area contributed by atoms with Crippen LogP contribution in [0.2, 0.25) is 0 Å². The Morgan fingerprint density at radius 1 is 1.22 bits per heavy atom. The monoisotopic (exact) mass is 452 g/mol. The number of carbonyl (C=O) groups is 2. The molecule has 0 radical (unpaired) electrons. The number of aromatic nitrogens is 2. The standard InChI is InChI=1S/C19H22N4O2.C2HF3O2/c1-12-9-14-10-13(4-7-18(14)25-12)16-5-6-17(23-22-16)19(24)21-15-3-2-8-20-11-15;3-2(4,5)1(6)7/h4-7,10,12,15,20H,2-3,8-9,11H2,1H3,(H,21,24);(H,6,7). The predicted octanol–water partition coefficient (Wildman–Crippen LogP) is 2.58. The second-order valence-corrected chi connectivity index (χ2v) is 7.58. The van der Waals surface area contributed by atoms with Crippen LogP contribution in [0.1, 0.15) is 35.8 Å². The quantitative estimate of drug-likeness (QED) is 0.656. The number of rotatable bonds is 3. The van der Waals surface area contributed by atoms with Crippen LogP contribution in [-0.2, 0) is 11.2 Å². The smallest absolute Gasteiger partial charge is 0.490 e. The molecule has 4 rings (SSSR count). The number of amides is 1. The molecule has 1 aromatic carbocycles. The van der Waals surface area contributed by atoms with Crippen molar-refractivity contribution < 1.29 is 32.6 Å². The maximum absolute atomic E-state index is 12.3. The van der Waals surface area contributed by atoms with Crippen LogP contribution in [0.5, 0.6) is 5.75 Å². The van der Waals surface area contributed by atoms with Gasteiger partial charge in [0.25, 0.3) is 5.91 Å². The molecule has 0 saturated carbocycles. The summed E-state index contributed by atoms with van der Waals surface area (Å²) in [5.41, 5.74) is 3.30. The Bertz CT molecular complexity index is 961. The maximum Gasteiger partial charge on any atom is 0.490 e. The van der Waals surface area contributed by atoms with Crippen LogP contribution in [0.15, 0.2) is 30.3 Å². The topological polar surface area (TPSA) is 113 Å². The fraction of sp³-hybridized carbons (Fsp3) is 0.429. The zero-order valence-corrected chi connectivity index (χ0v) is 17.3. The molecule has 11 heteroatoms. The summed E-state index contributed by atoms with van der Waals surface area (Å²) in [6, 6.07) is 9.81. The first-order valence-electron chi connectivity index (χ1n) is 10.1. The summed E-state index contributed by atoms with van der Waals surface area (Å²) in [5.74, 6) is -1.97. The Kier molecular flexibility index (Phi) is 7.29. The largest absolute Gasteiger partial charge is 0.490 e. The van der Waals surface area contributed by atoms with Crippen molar-refractivity contribution in [2.24, 2.45) is 0 Å². The number of fused-ring (bicyclic) bond motifs is 1. The van der Waals surface area contributed by atoms with E-state index >= 15 is 0 Å². The minimum atomic E-state index is -5.08. The molecule has 3 N–H and O–H groups in total. The number of hydrogen-bond donors (Lipinski definition) is 3. The number of aliphatic carboxylic acids is 1. The lowest BCUT2D eigenvalue weighted by Gasteiger charge is -2.23. The van der Waals surface area contributed by atoms with Crippen molar-refractivity contribution >= 4 is 11.9 Å². The minimum Gasteiger partial charge on any atom is -0.490 e. The molecule has 32 heavy (non-hydrogen) atoms. The second kappa shape index (κ2) is 9.94. The highest BCUT2D eigenvalue weighted by molar-refractivity contribution is 5.92. The molecular weight excluding hydrogens is 429 g/mol. The van der Waals surface area contributed by atoms with E-state index < -0.39 is 12.1 Å². The molecule has 3 heterocycles. The van der Waals surface area contributed by atoms with Gasteiger partial charge in [0.05, 0.1) is 5.69 Å². The van der Waals surface area contributed by atoms with Crippen LogP contribution < -0.4 is 15.4 Å². The van der Waals surface area contributed by atoms with Gasteiger partial charge < -0.3 is 20.5 Å². The molecule has 2 unspecified atom stereocenters. The van der Waals surface area contributed by atoms with E-state index in [0.717, 1.165) is 49.4 Å². The van der Waals surface area contributed by atoms with Gasteiger partial charge in [-0.25, -0.2) is 4.79 Å². The first-order chi connectivity index (χ1) is 15.1. The molecule has 2 aromatic rings. The first-order valence-corrected chi connectivity index (χ1v) is 10.1. The molecule has 172 valence electrons. The highest BCUT2D eigenvalue weighted by Crippen LogP contribution is 2.32. The van der Waals surface area contributed by atoms with Crippen molar-refractivity contribution in [1.82, 2.24) is 20.8 Å². The molecule has 2 aliphatic rings. The summed E-state index contributed by atoms with van der Waals surface area (Å²) in [5, 5.41) is 21.8. The van der Waals surface area contributed by atoms with Crippen molar-refractivity contribution in [3.63, 3.8) is 0 Å². The third-order valence-corrected chi connectivity index (χ3v) is 4.96. The molecule has 1 aromatic heterocycles. The highest BCUT2D eigenvalue weighted by Gasteiger charge is 2.38. The van der Waals surface area contributed by atoms with Gasteiger partial charge in [-0.1, -0.05) is 0 Å². The van der Waals surface area contributed by atoms with E-state index in [-0.39, 0.29) is 18.1 Å². The number of carboxylic acids is 1. The third kappa shape index (κ3) is 6.16. The Labute approximate surface area is 182 Å². The maximum atomic E-state index is 12.3. The van der Waals surface area contributed by atoms with Crippen LogP contribution in [0.3, 0.4) is 0 Å². The van der Waals surface area contributed by atoms with Gasteiger partial charge in [0.1, 0.15) is 11.9 Å². The zero-order chi connectivity index (χ0) is 23.3. The SMILES string of the molecule is CC1Cc2cc(-c3ccc(C(=O)NC4CCCNC4)nn3)ccc2O1.O=C(O)C(F)(F)F. The number of alkyl halides is 3. The fourth-order valence-corrected chi connectivity index (χ4v) is 3.42. The number of ether oxygens (including phenoxy) is 1. The Balaban J connectivity index is 0.000000360. The van der Waals surface area contributed by atoms with Crippen molar-refractivity contribution in [2.45, 2.75) is 44.5 Å². The van der Waals surface area contributed by atoms with Crippen molar-refractivity contribution in [3.8, 4) is 17.0 Å². The summed E-state index contributed by atoms with van der Waals surface area (Å²) >= 11 is 0. The molecule has 0 aliphatic carbocycles. The number of halogens is 3.